The quantitative estimate of drug-likeness (QED) is 0.486. The standard InChI is InChI=1S/C20H31ClN2O2.ClH/c1-14(2)6-9-23-10-7-15(8-11-23)4-5-19(24)16-12-17(21)18(22)13-20(16)25-3;/h12-15H,4-11,22H2,1-3H3;1H. The van der Waals surface area contributed by atoms with Crippen molar-refractivity contribution in [3.63, 3.8) is 0 Å². The molecule has 0 aliphatic carbocycles. The van der Waals surface area contributed by atoms with Crippen LogP contribution in [-0.2, 0) is 0 Å². The van der Waals surface area contributed by atoms with Crippen molar-refractivity contribution in [1.82, 2.24) is 4.90 Å². The lowest BCUT2D eigenvalue weighted by molar-refractivity contribution is 0.0958. The van der Waals surface area contributed by atoms with E-state index in [2.05, 4.69) is 18.7 Å². The number of likely N-dealkylation sites (tertiary alicyclic amines) is 1. The van der Waals surface area contributed by atoms with Crippen LogP contribution in [0.25, 0.3) is 0 Å². The van der Waals surface area contributed by atoms with Crippen molar-refractivity contribution >= 4 is 35.5 Å². The highest BCUT2D eigenvalue weighted by Crippen LogP contribution is 2.31. The minimum absolute atomic E-state index is 0. The molecule has 0 spiro atoms. The van der Waals surface area contributed by atoms with Crippen LogP contribution in [-0.4, -0.2) is 37.4 Å². The fraction of sp³-hybridized carbons (Fsp3) is 0.650. The van der Waals surface area contributed by atoms with Crippen LogP contribution >= 0.6 is 24.0 Å². The minimum Gasteiger partial charge on any atom is -0.496 e. The maximum Gasteiger partial charge on any atom is 0.166 e. The van der Waals surface area contributed by atoms with E-state index in [0.29, 0.717) is 34.4 Å². The number of carbonyl (C=O) groups is 1. The number of rotatable bonds is 8. The van der Waals surface area contributed by atoms with Crippen LogP contribution < -0.4 is 10.5 Å². The fourth-order valence-electron chi connectivity index (χ4n) is 3.37. The lowest BCUT2D eigenvalue weighted by Gasteiger charge is -2.32. The molecule has 2 rings (SSSR count). The van der Waals surface area contributed by atoms with Gasteiger partial charge in [0.15, 0.2) is 5.78 Å². The molecule has 0 saturated carbocycles. The van der Waals surface area contributed by atoms with Crippen molar-refractivity contribution in [2.75, 3.05) is 32.5 Å². The van der Waals surface area contributed by atoms with Crippen LogP contribution in [0.5, 0.6) is 5.75 Å². The number of piperidine rings is 1. The number of hydrogen-bond acceptors (Lipinski definition) is 4. The number of benzene rings is 1. The van der Waals surface area contributed by atoms with Crippen molar-refractivity contribution < 1.29 is 9.53 Å². The summed E-state index contributed by atoms with van der Waals surface area (Å²) in [5, 5.41) is 0.405. The SMILES string of the molecule is COc1cc(N)c(Cl)cc1C(=O)CCC1CCN(CCC(C)C)CC1.Cl. The maximum absolute atomic E-state index is 12.6. The zero-order valence-electron chi connectivity index (χ0n) is 16.1. The van der Waals surface area contributed by atoms with Gasteiger partial charge in [0, 0.05) is 12.5 Å². The summed E-state index contributed by atoms with van der Waals surface area (Å²) >= 11 is 6.07. The number of ketones is 1. The summed E-state index contributed by atoms with van der Waals surface area (Å²) in [6.45, 7) is 8.06. The lowest BCUT2D eigenvalue weighted by atomic mass is 9.90. The molecule has 0 bridgehead atoms. The molecule has 148 valence electrons. The number of hydrogen-bond donors (Lipinski definition) is 1. The van der Waals surface area contributed by atoms with Crippen molar-refractivity contribution in [3.05, 3.63) is 22.7 Å². The smallest absolute Gasteiger partial charge is 0.166 e. The van der Waals surface area contributed by atoms with E-state index in [9.17, 15) is 4.79 Å². The predicted octanol–water partition coefficient (Wildman–Crippen LogP) is 5.07. The molecule has 1 aromatic carbocycles. The first-order valence-electron chi connectivity index (χ1n) is 9.29. The summed E-state index contributed by atoms with van der Waals surface area (Å²) < 4.78 is 5.29. The Bertz CT molecular complexity index is 585. The number of anilines is 1. The molecule has 1 heterocycles. The number of halogens is 2. The Labute approximate surface area is 168 Å². The van der Waals surface area contributed by atoms with E-state index in [1.807, 2.05) is 0 Å². The third-order valence-corrected chi connectivity index (χ3v) is 5.46. The molecule has 0 aromatic heterocycles. The molecule has 0 unspecified atom stereocenters. The first-order valence-corrected chi connectivity index (χ1v) is 9.67. The van der Waals surface area contributed by atoms with Gasteiger partial charge in [-0.3, -0.25) is 4.79 Å². The van der Waals surface area contributed by atoms with Gasteiger partial charge < -0.3 is 15.4 Å². The molecule has 1 aliphatic heterocycles. The Morgan fingerprint density at radius 3 is 2.58 bits per heavy atom. The highest BCUT2D eigenvalue weighted by Gasteiger charge is 2.21. The first-order chi connectivity index (χ1) is 11.9. The van der Waals surface area contributed by atoms with Gasteiger partial charge in [0.25, 0.3) is 0 Å². The Balaban J connectivity index is 0.00000338. The van der Waals surface area contributed by atoms with Gasteiger partial charge in [-0.15, -0.1) is 12.4 Å². The number of nitrogens with two attached hydrogens (primary N) is 1. The monoisotopic (exact) mass is 402 g/mol. The maximum atomic E-state index is 12.6. The summed E-state index contributed by atoms with van der Waals surface area (Å²) in [6.07, 6.45) is 5.10. The van der Waals surface area contributed by atoms with Crippen LogP contribution in [0.15, 0.2) is 12.1 Å². The molecule has 0 amide bonds. The Hall–Kier alpha value is -0.970. The molecular formula is C20H32Cl2N2O2. The van der Waals surface area contributed by atoms with Gasteiger partial charge in [-0.25, -0.2) is 0 Å². The van der Waals surface area contributed by atoms with Crippen LogP contribution in [0, 0.1) is 11.8 Å². The lowest BCUT2D eigenvalue weighted by Crippen LogP contribution is -2.35. The molecule has 4 nitrogen and oxygen atoms in total. The number of Topliss-reactive ketones (excluding diaryl/α,β-unsaturated/α-hetero) is 1. The molecule has 0 radical (unpaired) electrons. The molecule has 1 fully saturated rings. The summed E-state index contributed by atoms with van der Waals surface area (Å²) in [5.74, 6) is 1.99. The average Bonchev–Trinajstić information content (AvgIpc) is 2.60. The predicted molar refractivity (Wildman–Crippen MR) is 112 cm³/mol. The summed E-state index contributed by atoms with van der Waals surface area (Å²) in [5.41, 5.74) is 6.76. The second kappa shape index (κ2) is 11.0. The number of nitrogens with zero attached hydrogens (tertiary/aromatic N) is 1. The van der Waals surface area contributed by atoms with Gasteiger partial charge in [-0.2, -0.15) is 0 Å². The van der Waals surface area contributed by atoms with Gasteiger partial charge in [0.2, 0.25) is 0 Å². The van der Waals surface area contributed by atoms with E-state index in [0.717, 1.165) is 25.4 Å². The molecular weight excluding hydrogens is 371 g/mol. The van der Waals surface area contributed by atoms with Crippen LogP contribution in [0.2, 0.25) is 5.02 Å². The molecule has 26 heavy (non-hydrogen) atoms. The highest BCUT2D eigenvalue weighted by atomic mass is 35.5. The average molecular weight is 403 g/mol. The van der Waals surface area contributed by atoms with E-state index in [1.54, 1.807) is 19.2 Å². The summed E-state index contributed by atoms with van der Waals surface area (Å²) in [4.78, 5) is 15.1. The molecule has 6 heteroatoms. The fourth-order valence-corrected chi connectivity index (χ4v) is 3.53. The zero-order chi connectivity index (χ0) is 18.4. The minimum atomic E-state index is 0. The number of ether oxygens (including phenoxy) is 1. The normalized spacial score (nSPS) is 15.7. The van der Waals surface area contributed by atoms with E-state index >= 15 is 0 Å². The van der Waals surface area contributed by atoms with Gasteiger partial charge in [-0.05, 0) is 63.2 Å². The number of nitrogen functional groups attached to an aromatic ring is 1. The van der Waals surface area contributed by atoms with Crippen LogP contribution in [0.1, 0.15) is 56.3 Å². The van der Waals surface area contributed by atoms with Crippen molar-refractivity contribution in [1.29, 1.82) is 0 Å². The van der Waals surface area contributed by atoms with Gasteiger partial charge >= 0.3 is 0 Å². The van der Waals surface area contributed by atoms with Gasteiger partial charge in [0.05, 0.1) is 23.4 Å². The largest absolute Gasteiger partial charge is 0.496 e. The topological polar surface area (TPSA) is 55.6 Å². The molecule has 1 saturated heterocycles. The molecule has 1 aromatic rings. The van der Waals surface area contributed by atoms with Crippen LogP contribution in [0.4, 0.5) is 5.69 Å². The first kappa shape index (κ1) is 23.1. The van der Waals surface area contributed by atoms with E-state index in [4.69, 9.17) is 22.1 Å². The Morgan fingerprint density at radius 2 is 2.00 bits per heavy atom. The summed E-state index contributed by atoms with van der Waals surface area (Å²) in [7, 11) is 1.55. The van der Waals surface area contributed by atoms with Gasteiger partial charge in [-0.1, -0.05) is 25.4 Å². The second-order valence-electron chi connectivity index (χ2n) is 7.50. The number of methoxy groups -OCH3 is 1. The Kier molecular flexibility index (Phi) is 9.77. The van der Waals surface area contributed by atoms with Crippen molar-refractivity contribution in [3.8, 4) is 5.75 Å². The number of carbonyl (C=O) groups excluding carboxylic acids is 1. The Morgan fingerprint density at radius 1 is 1.35 bits per heavy atom. The third kappa shape index (κ3) is 6.64. The van der Waals surface area contributed by atoms with E-state index in [1.165, 1.54) is 25.8 Å². The highest BCUT2D eigenvalue weighted by molar-refractivity contribution is 6.33. The zero-order valence-corrected chi connectivity index (χ0v) is 17.7. The summed E-state index contributed by atoms with van der Waals surface area (Å²) in [6, 6.07) is 3.26. The van der Waals surface area contributed by atoms with Crippen molar-refractivity contribution in [2.24, 2.45) is 11.8 Å². The second-order valence-corrected chi connectivity index (χ2v) is 7.91. The molecule has 2 N–H and O–H groups in total. The van der Waals surface area contributed by atoms with Crippen LogP contribution in [0.3, 0.4) is 0 Å². The van der Waals surface area contributed by atoms with Crippen molar-refractivity contribution in [2.45, 2.75) is 46.0 Å². The van der Waals surface area contributed by atoms with Gasteiger partial charge in [0.1, 0.15) is 5.75 Å². The molecule has 1 aliphatic rings. The van der Waals surface area contributed by atoms with E-state index in [-0.39, 0.29) is 18.2 Å². The van der Waals surface area contributed by atoms with E-state index < -0.39 is 0 Å². The third-order valence-electron chi connectivity index (χ3n) is 5.13. The molecule has 0 atom stereocenters.